The maximum atomic E-state index is 12.5. The molecular weight excluding hydrogens is 368 g/mol. The molecule has 0 aliphatic carbocycles. The first kappa shape index (κ1) is 21.9. The Kier molecular flexibility index (Phi) is 7.77. The van der Waals surface area contributed by atoms with Crippen molar-refractivity contribution in [2.45, 2.75) is 26.7 Å². The zero-order valence-electron chi connectivity index (χ0n) is 17.3. The quantitative estimate of drug-likeness (QED) is 0.406. The molecular formula is C22H28N4O3. The number of aromatic hydroxyl groups is 1. The van der Waals surface area contributed by atoms with Gasteiger partial charge in [0.25, 0.3) is 0 Å². The van der Waals surface area contributed by atoms with E-state index in [9.17, 15) is 14.7 Å². The number of amides is 1. The van der Waals surface area contributed by atoms with Gasteiger partial charge in [0.2, 0.25) is 5.91 Å². The lowest BCUT2D eigenvalue weighted by Crippen LogP contribution is -2.29. The summed E-state index contributed by atoms with van der Waals surface area (Å²) in [5.41, 5.74) is 3.76. The van der Waals surface area contributed by atoms with Crippen LogP contribution in [-0.4, -0.2) is 43.3 Å². The van der Waals surface area contributed by atoms with Gasteiger partial charge in [0.1, 0.15) is 17.4 Å². The number of anilines is 2. The summed E-state index contributed by atoms with van der Waals surface area (Å²) in [6.45, 7) is 3.72. The van der Waals surface area contributed by atoms with Crippen LogP contribution in [0.1, 0.15) is 30.5 Å². The highest BCUT2D eigenvalue weighted by atomic mass is 16.3. The molecule has 2 aromatic carbocycles. The SMILES string of the molecule is CCc1cc(O)c(CC(=O)Nc2ccc(C(=NC)NCC(C)=O)cc2)c(NC)c1. The van der Waals surface area contributed by atoms with Crippen LogP contribution in [0.2, 0.25) is 0 Å². The van der Waals surface area contributed by atoms with E-state index in [-0.39, 0.29) is 30.4 Å². The van der Waals surface area contributed by atoms with Gasteiger partial charge in [-0.25, -0.2) is 0 Å². The standard InChI is InChI=1S/C22H28N4O3/c1-5-15-10-19(23-3)18(20(28)11-15)12-21(29)26-17-8-6-16(7-9-17)22(24-4)25-13-14(2)27/h6-11,23,28H,5,12-13H2,1-4H3,(H,24,25)(H,26,29). The van der Waals surface area contributed by atoms with Gasteiger partial charge in [0.05, 0.1) is 13.0 Å². The van der Waals surface area contributed by atoms with Gasteiger partial charge in [-0.15, -0.1) is 0 Å². The fourth-order valence-electron chi connectivity index (χ4n) is 2.92. The highest BCUT2D eigenvalue weighted by Gasteiger charge is 2.14. The topological polar surface area (TPSA) is 103 Å². The van der Waals surface area contributed by atoms with E-state index >= 15 is 0 Å². The Morgan fingerprint density at radius 3 is 2.38 bits per heavy atom. The molecule has 0 bridgehead atoms. The van der Waals surface area contributed by atoms with Crippen LogP contribution in [0, 0.1) is 0 Å². The third-order valence-electron chi connectivity index (χ3n) is 4.47. The number of hydrogen-bond donors (Lipinski definition) is 4. The highest BCUT2D eigenvalue weighted by Crippen LogP contribution is 2.28. The summed E-state index contributed by atoms with van der Waals surface area (Å²) < 4.78 is 0. The Labute approximate surface area is 171 Å². The molecule has 0 aliphatic heterocycles. The Bertz CT molecular complexity index is 905. The molecule has 0 spiro atoms. The number of carbonyl (C=O) groups excluding carboxylic acids is 2. The lowest BCUT2D eigenvalue weighted by atomic mass is 10.0. The van der Waals surface area contributed by atoms with E-state index in [1.165, 1.54) is 6.92 Å². The van der Waals surface area contributed by atoms with E-state index in [4.69, 9.17) is 0 Å². The second kappa shape index (κ2) is 10.3. The minimum atomic E-state index is -0.229. The number of phenols is 1. The number of aliphatic imine (C=N–C) groups is 1. The van der Waals surface area contributed by atoms with E-state index in [2.05, 4.69) is 20.9 Å². The molecule has 0 heterocycles. The number of ketones is 1. The minimum Gasteiger partial charge on any atom is -0.508 e. The molecule has 0 aliphatic rings. The summed E-state index contributed by atoms with van der Waals surface area (Å²) >= 11 is 0. The van der Waals surface area contributed by atoms with Crippen molar-refractivity contribution in [2.75, 3.05) is 31.3 Å². The van der Waals surface area contributed by atoms with Crippen molar-refractivity contribution in [1.82, 2.24) is 5.32 Å². The number of aryl methyl sites for hydroxylation is 1. The van der Waals surface area contributed by atoms with Crippen molar-refractivity contribution < 1.29 is 14.7 Å². The van der Waals surface area contributed by atoms with Gasteiger partial charge >= 0.3 is 0 Å². The molecule has 7 nitrogen and oxygen atoms in total. The molecule has 0 aromatic heterocycles. The van der Waals surface area contributed by atoms with Crippen molar-refractivity contribution in [3.63, 3.8) is 0 Å². The van der Waals surface area contributed by atoms with Crippen LogP contribution >= 0.6 is 0 Å². The number of phenolic OH excluding ortho intramolecular Hbond substituents is 1. The second-order valence-corrected chi connectivity index (χ2v) is 6.67. The first-order valence-corrected chi connectivity index (χ1v) is 9.50. The molecule has 2 rings (SSSR count). The maximum absolute atomic E-state index is 12.5. The van der Waals surface area contributed by atoms with E-state index in [0.717, 1.165) is 23.2 Å². The zero-order valence-corrected chi connectivity index (χ0v) is 17.3. The second-order valence-electron chi connectivity index (χ2n) is 6.67. The van der Waals surface area contributed by atoms with Crippen LogP contribution in [0.15, 0.2) is 41.4 Å². The molecule has 0 saturated carbocycles. The van der Waals surface area contributed by atoms with Gasteiger partial charge in [-0.3, -0.25) is 14.6 Å². The molecule has 29 heavy (non-hydrogen) atoms. The zero-order chi connectivity index (χ0) is 21.4. The highest BCUT2D eigenvalue weighted by molar-refractivity contribution is 6.01. The maximum Gasteiger partial charge on any atom is 0.229 e. The lowest BCUT2D eigenvalue weighted by molar-refractivity contribution is -0.116. The fourth-order valence-corrected chi connectivity index (χ4v) is 2.92. The number of Topliss-reactive ketones (excluding diaryl/α,β-unsaturated/α-hetero) is 1. The van der Waals surface area contributed by atoms with Gasteiger partial charge in [-0.2, -0.15) is 0 Å². The van der Waals surface area contributed by atoms with Gasteiger partial charge in [0.15, 0.2) is 0 Å². The summed E-state index contributed by atoms with van der Waals surface area (Å²) in [5.74, 6) is 0.510. The average Bonchev–Trinajstić information content (AvgIpc) is 2.70. The Hall–Kier alpha value is -3.35. The number of benzene rings is 2. The molecule has 7 heteroatoms. The molecule has 4 N–H and O–H groups in total. The largest absolute Gasteiger partial charge is 0.508 e. The smallest absolute Gasteiger partial charge is 0.229 e. The van der Waals surface area contributed by atoms with Crippen molar-refractivity contribution in [2.24, 2.45) is 4.99 Å². The Morgan fingerprint density at radius 2 is 1.83 bits per heavy atom. The van der Waals surface area contributed by atoms with E-state index < -0.39 is 0 Å². The number of carbonyl (C=O) groups is 2. The lowest BCUT2D eigenvalue weighted by Gasteiger charge is -2.14. The van der Waals surface area contributed by atoms with Crippen LogP contribution in [0.25, 0.3) is 0 Å². The van der Waals surface area contributed by atoms with Gasteiger partial charge in [-0.1, -0.05) is 6.92 Å². The molecule has 0 atom stereocenters. The molecule has 0 unspecified atom stereocenters. The minimum absolute atomic E-state index is 0.0196. The summed E-state index contributed by atoms with van der Waals surface area (Å²) in [4.78, 5) is 27.8. The monoisotopic (exact) mass is 396 g/mol. The summed E-state index contributed by atoms with van der Waals surface area (Å²) in [5, 5.41) is 19.2. The Balaban J connectivity index is 2.07. The molecule has 0 saturated heterocycles. The number of amidine groups is 1. The Morgan fingerprint density at radius 1 is 1.14 bits per heavy atom. The van der Waals surface area contributed by atoms with E-state index in [1.54, 1.807) is 32.3 Å². The summed E-state index contributed by atoms with van der Waals surface area (Å²) in [6, 6.07) is 10.8. The fraction of sp³-hybridized carbons (Fsp3) is 0.318. The third kappa shape index (κ3) is 6.07. The van der Waals surface area contributed by atoms with Crippen LogP contribution in [-0.2, 0) is 22.4 Å². The molecule has 154 valence electrons. The van der Waals surface area contributed by atoms with Crippen molar-refractivity contribution in [3.8, 4) is 5.75 Å². The van der Waals surface area contributed by atoms with Gasteiger partial charge in [-0.05, 0) is 55.3 Å². The van der Waals surface area contributed by atoms with Crippen LogP contribution in [0.5, 0.6) is 5.75 Å². The molecule has 0 fully saturated rings. The summed E-state index contributed by atoms with van der Waals surface area (Å²) in [6.07, 6.45) is 0.848. The number of rotatable bonds is 8. The predicted octanol–water partition coefficient (Wildman–Crippen LogP) is 2.73. The van der Waals surface area contributed by atoms with Crippen molar-refractivity contribution in [3.05, 3.63) is 53.1 Å². The van der Waals surface area contributed by atoms with E-state index in [0.29, 0.717) is 17.1 Å². The molecule has 1 amide bonds. The average molecular weight is 396 g/mol. The summed E-state index contributed by atoms with van der Waals surface area (Å²) in [7, 11) is 3.41. The normalized spacial score (nSPS) is 11.1. The molecule has 2 aromatic rings. The third-order valence-corrected chi connectivity index (χ3v) is 4.47. The van der Waals surface area contributed by atoms with Crippen molar-refractivity contribution >= 4 is 28.9 Å². The molecule has 0 radical (unpaired) electrons. The van der Waals surface area contributed by atoms with Crippen LogP contribution in [0.4, 0.5) is 11.4 Å². The van der Waals surface area contributed by atoms with Crippen LogP contribution < -0.4 is 16.0 Å². The number of nitrogens with zero attached hydrogens (tertiary/aromatic N) is 1. The van der Waals surface area contributed by atoms with Gasteiger partial charge < -0.3 is 21.1 Å². The van der Waals surface area contributed by atoms with Gasteiger partial charge in [0, 0.05) is 36.6 Å². The number of nitrogens with one attached hydrogen (secondary N) is 3. The van der Waals surface area contributed by atoms with Crippen LogP contribution in [0.3, 0.4) is 0 Å². The first-order chi connectivity index (χ1) is 13.9. The first-order valence-electron chi connectivity index (χ1n) is 9.50. The number of hydrogen-bond acceptors (Lipinski definition) is 5. The predicted molar refractivity (Wildman–Crippen MR) is 117 cm³/mol. The van der Waals surface area contributed by atoms with E-state index in [1.807, 2.05) is 25.1 Å². The van der Waals surface area contributed by atoms with Crippen molar-refractivity contribution in [1.29, 1.82) is 0 Å².